The van der Waals surface area contributed by atoms with Gasteiger partial charge in [0.05, 0.1) is 12.1 Å². The van der Waals surface area contributed by atoms with Gasteiger partial charge in [0.1, 0.15) is 17.0 Å². The van der Waals surface area contributed by atoms with E-state index in [-0.39, 0.29) is 0 Å². The molecule has 1 heterocycles. The number of urea groups is 1. The van der Waals surface area contributed by atoms with Crippen LogP contribution in [0.2, 0.25) is 5.02 Å². The van der Waals surface area contributed by atoms with Crippen molar-refractivity contribution in [3.63, 3.8) is 0 Å². The van der Waals surface area contributed by atoms with Gasteiger partial charge in [-0.05, 0) is 36.8 Å². The molecule has 3 rings (SSSR count). The Balaban J connectivity index is 1.67. The van der Waals surface area contributed by atoms with Crippen LogP contribution in [0.4, 0.5) is 4.79 Å². The molecule has 0 radical (unpaired) electrons. The number of nitrogens with one attached hydrogen (secondary N) is 2. The number of hydrogen-bond donors (Lipinski definition) is 2. The van der Waals surface area contributed by atoms with Gasteiger partial charge in [0.2, 0.25) is 0 Å². The van der Waals surface area contributed by atoms with E-state index in [2.05, 4.69) is 10.7 Å². The Kier molecular flexibility index (Phi) is 5.41. The van der Waals surface area contributed by atoms with Crippen molar-refractivity contribution in [1.29, 1.82) is 0 Å². The van der Waals surface area contributed by atoms with Crippen LogP contribution in [-0.2, 0) is 15.1 Å². The predicted molar refractivity (Wildman–Crippen MR) is 101 cm³/mol. The summed E-state index contributed by atoms with van der Waals surface area (Å²) < 4.78 is 10.4. The summed E-state index contributed by atoms with van der Waals surface area (Å²) in [5.41, 5.74) is 1.49. The van der Waals surface area contributed by atoms with Gasteiger partial charge in [-0.25, -0.2) is 4.79 Å². The lowest BCUT2D eigenvalue weighted by Crippen LogP contribution is -2.49. The fourth-order valence-electron chi connectivity index (χ4n) is 2.72. The fraction of sp³-hybridized carbons (Fsp3) is 0.211. The number of ether oxygens (including phenoxy) is 2. The highest BCUT2D eigenvalue weighted by Crippen LogP contribution is 2.29. The molecule has 2 aromatic rings. The molecule has 0 bridgehead atoms. The Morgan fingerprint density at radius 2 is 1.86 bits per heavy atom. The van der Waals surface area contributed by atoms with E-state index in [9.17, 15) is 14.4 Å². The van der Waals surface area contributed by atoms with Crippen molar-refractivity contribution in [3.05, 3.63) is 59.1 Å². The molecule has 0 aliphatic carbocycles. The zero-order valence-corrected chi connectivity index (χ0v) is 15.9. The predicted octanol–water partition coefficient (Wildman–Crippen LogP) is 2.23. The average Bonchev–Trinajstić information content (AvgIpc) is 2.91. The number of benzene rings is 2. The van der Waals surface area contributed by atoms with Gasteiger partial charge >= 0.3 is 6.03 Å². The summed E-state index contributed by atoms with van der Waals surface area (Å²) in [4.78, 5) is 37.2. The first-order chi connectivity index (χ1) is 13.3. The Morgan fingerprint density at radius 1 is 1.18 bits per heavy atom. The van der Waals surface area contributed by atoms with Crippen LogP contribution in [0.3, 0.4) is 0 Å². The van der Waals surface area contributed by atoms with Gasteiger partial charge < -0.3 is 14.8 Å². The number of halogens is 1. The molecule has 2 N–H and O–H groups in total. The number of carbonyl (C=O) groups excluding carboxylic acids is 3. The van der Waals surface area contributed by atoms with Gasteiger partial charge in [-0.3, -0.25) is 15.0 Å². The van der Waals surface area contributed by atoms with Crippen molar-refractivity contribution in [1.82, 2.24) is 15.8 Å². The lowest BCUT2D eigenvalue weighted by molar-refractivity contribution is -0.139. The number of carbonyl (C=O) groups is 3. The van der Waals surface area contributed by atoms with Gasteiger partial charge in [-0.15, -0.1) is 0 Å². The lowest BCUT2D eigenvalue weighted by atomic mass is 9.92. The molecule has 1 aliphatic heterocycles. The first-order valence-corrected chi connectivity index (χ1v) is 8.71. The summed E-state index contributed by atoms with van der Waals surface area (Å²) >= 11 is 5.96. The topological polar surface area (TPSA) is 97.0 Å². The molecule has 1 saturated heterocycles. The molecule has 28 heavy (non-hydrogen) atoms. The minimum absolute atomic E-state index is 0.319. The van der Waals surface area contributed by atoms with E-state index >= 15 is 0 Å². The number of hydrazine groups is 1. The van der Waals surface area contributed by atoms with Gasteiger partial charge in [0.15, 0.2) is 6.61 Å². The first-order valence-electron chi connectivity index (χ1n) is 8.33. The number of hydrogen-bond acceptors (Lipinski definition) is 5. The second kappa shape index (κ2) is 7.77. The Labute approximate surface area is 166 Å². The quantitative estimate of drug-likeness (QED) is 0.721. The maximum absolute atomic E-state index is 12.8. The van der Waals surface area contributed by atoms with Crippen molar-refractivity contribution in [3.8, 4) is 11.5 Å². The number of methoxy groups -OCH3 is 1. The van der Waals surface area contributed by atoms with Gasteiger partial charge in [0.25, 0.3) is 11.8 Å². The second-order valence-corrected chi connectivity index (χ2v) is 6.59. The number of para-hydroxylation sites is 1. The molecule has 8 nitrogen and oxygen atoms in total. The molecule has 2 aromatic carbocycles. The average molecular weight is 404 g/mol. The van der Waals surface area contributed by atoms with Crippen molar-refractivity contribution in [2.75, 3.05) is 13.7 Å². The van der Waals surface area contributed by atoms with E-state index in [1.54, 1.807) is 55.5 Å². The molecule has 0 spiro atoms. The van der Waals surface area contributed by atoms with Crippen LogP contribution in [0.5, 0.6) is 11.5 Å². The Hall–Kier alpha value is -3.26. The van der Waals surface area contributed by atoms with Crippen LogP contribution >= 0.6 is 11.6 Å². The number of imide groups is 1. The molecule has 0 aromatic heterocycles. The van der Waals surface area contributed by atoms with Crippen LogP contribution in [0.15, 0.2) is 48.5 Å². The molecule has 4 amide bonds. The summed E-state index contributed by atoms with van der Waals surface area (Å²) in [5, 5.41) is 3.58. The third-order valence-corrected chi connectivity index (χ3v) is 4.60. The van der Waals surface area contributed by atoms with Crippen LogP contribution in [0.1, 0.15) is 12.5 Å². The summed E-state index contributed by atoms with van der Waals surface area (Å²) in [6, 6.07) is 12.6. The van der Waals surface area contributed by atoms with E-state index in [4.69, 9.17) is 21.1 Å². The molecule has 0 unspecified atom stereocenters. The van der Waals surface area contributed by atoms with Gasteiger partial charge in [0, 0.05) is 0 Å². The van der Waals surface area contributed by atoms with E-state index in [1.165, 1.54) is 7.11 Å². The number of amides is 4. The largest absolute Gasteiger partial charge is 0.497 e. The molecule has 1 fully saturated rings. The standard InChI is InChI=1S/C19H18ClN3O5/c1-19(12-7-9-13(27-2)10-8-12)17(25)23(18(26)21-19)22-16(24)11-28-15-6-4-3-5-14(15)20/h3-10H,11H2,1-2H3,(H,21,26)(H,22,24)/t19-/m0/s1. The van der Waals surface area contributed by atoms with Crippen LogP contribution in [0, 0.1) is 0 Å². The summed E-state index contributed by atoms with van der Waals surface area (Å²) in [5.74, 6) is -0.359. The van der Waals surface area contributed by atoms with Crippen LogP contribution in [0.25, 0.3) is 0 Å². The maximum Gasteiger partial charge on any atom is 0.344 e. The molecule has 0 saturated carbocycles. The van der Waals surface area contributed by atoms with Crippen molar-refractivity contribution in [2.24, 2.45) is 0 Å². The summed E-state index contributed by atoms with van der Waals surface area (Å²) in [6.07, 6.45) is 0. The highest BCUT2D eigenvalue weighted by atomic mass is 35.5. The number of nitrogens with zero attached hydrogens (tertiary/aromatic N) is 1. The zero-order valence-electron chi connectivity index (χ0n) is 15.2. The van der Waals surface area contributed by atoms with Crippen molar-refractivity contribution in [2.45, 2.75) is 12.5 Å². The first kappa shape index (κ1) is 19.5. The maximum atomic E-state index is 12.8. The normalized spacial score (nSPS) is 18.6. The van der Waals surface area contributed by atoms with E-state index < -0.39 is 30.0 Å². The SMILES string of the molecule is COc1ccc([C@]2(C)NC(=O)N(NC(=O)COc3ccccc3Cl)C2=O)cc1. The Morgan fingerprint density at radius 3 is 2.50 bits per heavy atom. The second-order valence-electron chi connectivity index (χ2n) is 6.18. The smallest absolute Gasteiger partial charge is 0.344 e. The monoisotopic (exact) mass is 403 g/mol. The zero-order chi connectivity index (χ0) is 20.3. The highest BCUT2D eigenvalue weighted by Gasteiger charge is 2.50. The van der Waals surface area contributed by atoms with E-state index in [0.717, 1.165) is 0 Å². The van der Waals surface area contributed by atoms with E-state index in [0.29, 0.717) is 27.1 Å². The van der Waals surface area contributed by atoms with Crippen LogP contribution in [-0.4, -0.2) is 36.6 Å². The molecule has 9 heteroatoms. The van der Waals surface area contributed by atoms with E-state index in [1.807, 2.05) is 0 Å². The lowest BCUT2D eigenvalue weighted by Gasteiger charge is -2.22. The molecule has 146 valence electrons. The molecular formula is C19H18ClN3O5. The molecule has 1 aliphatic rings. The van der Waals surface area contributed by atoms with Crippen LogP contribution < -0.4 is 20.2 Å². The molecular weight excluding hydrogens is 386 g/mol. The minimum atomic E-state index is -1.32. The third-order valence-electron chi connectivity index (χ3n) is 4.29. The van der Waals surface area contributed by atoms with Crippen molar-refractivity contribution >= 4 is 29.4 Å². The third kappa shape index (κ3) is 3.72. The minimum Gasteiger partial charge on any atom is -0.497 e. The van der Waals surface area contributed by atoms with Gasteiger partial charge in [-0.2, -0.15) is 5.01 Å². The molecule has 1 atom stereocenters. The fourth-order valence-corrected chi connectivity index (χ4v) is 2.91. The number of rotatable bonds is 6. The van der Waals surface area contributed by atoms with Crippen molar-refractivity contribution < 1.29 is 23.9 Å². The van der Waals surface area contributed by atoms with Gasteiger partial charge in [-0.1, -0.05) is 35.9 Å². The summed E-state index contributed by atoms with van der Waals surface area (Å²) in [6.45, 7) is 1.14. The highest BCUT2D eigenvalue weighted by molar-refractivity contribution is 6.32. The Bertz CT molecular complexity index is 918. The summed E-state index contributed by atoms with van der Waals surface area (Å²) in [7, 11) is 1.53.